The molecule has 2 aromatic heterocycles. The number of rotatable bonds is 4. The predicted octanol–water partition coefficient (Wildman–Crippen LogP) is 3.75. The zero-order valence-electron chi connectivity index (χ0n) is 16.4. The van der Waals surface area contributed by atoms with Gasteiger partial charge in [0.25, 0.3) is 0 Å². The van der Waals surface area contributed by atoms with E-state index in [9.17, 15) is 4.79 Å². The van der Waals surface area contributed by atoms with E-state index >= 15 is 0 Å². The highest BCUT2D eigenvalue weighted by Gasteiger charge is 2.14. The van der Waals surface area contributed by atoms with Gasteiger partial charge >= 0.3 is 0 Å². The second-order valence-electron chi connectivity index (χ2n) is 7.23. The summed E-state index contributed by atoms with van der Waals surface area (Å²) in [4.78, 5) is 18.4. The molecule has 27 heavy (non-hydrogen) atoms. The van der Waals surface area contributed by atoms with Crippen molar-refractivity contribution in [2.75, 3.05) is 17.3 Å². The molecule has 0 radical (unpaired) electrons. The van der Waals surface area contributed by atoms with Crippen LogP contribution in [-0.2, 0) is 17.6 Å². The number of aryl methyl sites for hydroxylation is 4. The molecular weight excluding hydrogens is 360 g/mol. The summed E-state index contributed by atoms with van der Waals surface area (Å²) in [5, 5.41) is 11.6. The third kappa shape index (κ3) is 5.76. The monoisotopic (exact) mass is 390 g/mol. The van der Waals surface area contributed by atoms with Crippen LogP contribution >= 0.6 is 11.3 Å². The number of carbonyl (C=O) groups is 1. The summed E-state index contributed by atoms with van der Waals surface area (Å²) >= 11 is 1.64. The van der Waals surface area contributed by atoms with E-state index in [-0.39, 0.29) is 12.5 Å². The first kappa shape index (κ1) is 19.8. The first-order valence-electron chi connectivity index (χ1n) is 10.0. The molecule has 0 spiro atoms. The zero-order valence-corrected chi connectivity index (χ0v) is 17.2. The van der Waals surface area contributed by atoms with Crippen LogP contribution in [0.3, 0.4) is 0 Å². The minimum Gasteiger partial charge on any atom is -0.314 e. The van der Waals surface area contributed by atoms with Crippen molar-refractivity contribution < 1.29 is 4.79 Å². The quantitative estimate of drug-likeness (QED) is 0.830. The van der Waals surface area contributed by atoms with E-state index < -0.39 is 0 Å². The molecule has 0 saturated heterocycles. The van der Waals surface area contributed by atoms with Gasteiger partial charge in [-0.1, -0.05) is 38.5 Å². The summed E-state index contributed by atoms with van der Waals surface area (Å²) in [5.74, 6) is 1.36. The maximum Gasteiger partial charge on any atom is 0.247 e. The van der Waals surface area contributed by atoms with E-state index in [0.29, 0.717) is 0 Å². The van der Waals surface area contributed by atoms with Gasteiger partial charge in [0, 0.05) is 4.88 Å². The minimum atomic E-state index is -0.104. The number of hydrogen-bond acceptors (Lipinski definition) is 6. The predicted molar refractivity (Wildman–Crippen MR) is 109 cm³/mol. The van der Waals surface area contributed by atoms with Crippen LogP contribution in [0.4, 0.5) is 5.13 Å². The number of anilines is 1. The highest BCUT2D eigenvalue weighted by molar-refractivity contribution is 7.15. The highest BCUT2D eigenvalue weighted by atomic mass is 32.1. The lowest BCUT2D eigenvalue weighted by atomic mass is 10.0. The van der Waals surface area contributed by atoms with E-state index in [1.54, 1.807) is 16.0 Å². The number of fused-ring (bicyclic) bond motifs is 1. The van der Waals surface area contributed by atoms with Gasteiger partial charge in [-0.3, -0.25) is 4.79 Å². The summed E-state index contributed by atoms with van der Waals surface area (Å²) in [6, 6.07) is 0. The number of nitrogens with zero attached hydrogens (tertiary/aromatic N) is 4. The molecule has 1 aliphatic rings. The molecule has 0 bridgehead atoms. The van der Waals surface area contributed by atoms with Crippen LogP contribution in [0.25, 0.3) is 0 Å². The first-order valence-corrected chi connectivity index (χ1v) is 10.9. The van der Waals surface area contributed by atoms with E-state index in [1.807, 2.05) is 13.8 Å². The Morgan fingerprint density at radius 3 is 2.22 bits per heavy atom. The molecule has 0 fully saturated rings. The molecule has 148 valence electrons. The number of hydrogen-bond donors (Lipinski definition) is 2. The number of amides is 1. The zero-order chi connectivity index (χ0) is 19.1. The Hall–Kier alpha value is -1.96. The fraction of sp³-hybridized carbons (Fsp3) is 0.684. The van der Waals surface area contributed by atoms with Gasteiger partial charge in [-0.25, -0.2) is 9.66 Å². The van der Waals surface area contributed by atoms with Gasteiger partial charge in [-0.05, 0) is 39.5 Å². The van der Waals surface area contributed by atoms with Gasteiger partial charge < -0.3 is 10.7 Å². The molecule has 2 N–H and O–H groups in total. The third-order valence-corrected chi connectivity index (χ3v) is 6.05. The lowest BCUT2D eigenvalue weighted by molar-refractivity contribution is -0.114. The molecule has 0 atom stereocenters. The van der Waals surface area contributed by atoms with E-state index in [0.717, 1.165) is 29.6 Å². The van der Waals surface area contributed by atoms with Gasteiger partial charge in [-0.15, -0.1) is 21.5 Å². The molecule has 8 heteroatoms. The fourth-order valence-corrected chi connectivity index (χ4v) is 4.54. The average Bonchev–Trinajstić information content (AvgIpc) is 3.16. The van der Waals surface area contributed by atoms with Crippen LogP contribution in [0.15, 0.2) is 0 Å². The van der Waals surface area contributed by atoms with Crippen molar-refractivity contribution in [3.63, 3.8) is 0 Å². The Kier molecular flexibility index (Phi) is 7.20. The summed E-state index contributed by atoms with van der Waals surface area (Å²) in [6.07, 6.45) is 12.5. The Bertz CT molecular complexity index is 704. The molecule has 1 amide bonds. The molecule has 3 rings (SSSR count). The van der Waals surface area contributed by atoms with Gasteiger partial charge in [0.05, 0.1) is 5.69 Å². The first-order chi connectivity index (χ1) is 13.1. The SMILES string of the molecule is Cc1nnc(C)n1NCC(=O)Nc1nc2c(s1)CCCCCCCCCC2. The number of carbonyl (C=O) groups excluding carboxylic acids is 1. The summed E-state index contributed by atoms with van der Waals surface area (Å²) < 4.78 is 1.72. The molecule has 7 nitrogen and oxygen atoms in total. The van der Waals surface area contributed by atoms with Crippen LogP contribution in [-0.4, -0.2) is 32.3 Å². The standard InChI is InChI=1S/C19H30N6OS/c1-14-23-24-15(2)25(14)20-13-18(26)22-19-21-16-11-9-7-5-3-4-6-8-10-12-17(16)27-19/h20H,3-13H2,1-2H3,(H,21,22,26). The Morgan fingerprint density at radius 2 is 1.56 bits per heavy atom. The van der Waals surface area contributed by atoms with Gasteiger partial charge in [0.15, 0.2) is 5.13 Å². The van der Waals surface area contributed by atoms with Crippen LogP contribution in [0, 0.1) is 13.8 Å². The third-order valence-electron chi connectivity index (χ3n) is 4.98. The average molecular weight is 391 g/mol. The number of nitrogens with one attached hydrogen (secondary N) is 2. The van der Waals surface area contributed by atoms with Crippen molar-refractivity contribution in [2.45, 2.75) is 78.1 Å². The highest BCUT2D eigenvalue weighted by Crippen LogP contribution is 2.27. The molecule has 2 aromatic rings. The second kappa shape index (κ2) is 9.82. The van der Waals surface area contributed by atoms with Crippen molar-refractivity contribution in [1.82, 2.24) is 19.9 Å². The van der Waals surface area contributed by atoms with Crippen LogP contribution in [0.2, 0.25) is 0 Å². The smallest absolute Gasteiger partial charge is 0.247 e. The summed E-state index contributed by atoms with van der Waals surface area (Å²) in [7, 11) is 0. The lowest BCUT2D eigenvalue weighted by Gasteiger charge is -2.09. The van der Waals surface area contributed by atoms with Crippen LogP contribution < -0.4 is 10.7 Å². The van der Waals surface area contributed by atoms with E-state index in [4.69, 9.17) is 4.98 Å². The van der Waals surface area contributed by atoms with Crippen molar-refractivity contribution in [1.29, 1.82) is 0 Å². The molecule has 0 aromatic carbocycles. The summed E-state index contributed by atoms with van der Waals surface area (Å²) in [5.41, 5.74) is 4.24. The molecule has 2 heterocycles. The second-order valence-corrected chi connectivity index (χ2v) is 8.31. The van der Waals surface area contributed by atoms with Gasteiger partial charge in [0.2, 0.25) is 5.91 Å². The largest absolute Gasteiger partial charge is 0.314 e. The van der Waals surface area contributed by atoms with Crippen molar-refractivity contribution >= 4 is 22.4 Å². The van der Waals surface area contributed by atoms with Gasteiger partial charge in [0.1, 0.15) is 18.2 Å². The van der Waals surface area contributed by atoms with E-state index in [1.165, 1.54) is 61.9 Å². The molecular formula is C19H30N6OS. The maximum atomic E-state index is 12.3. The molecule has 0 unspecified atom stereocenters. The van der Waals surface area contributed by atoms with Crippen LogP contribution in [0.1, 0.15) is 73.6 Å². The van der Waals surface area contributed by atoms with Crippen molar-refractivity contribution in [3.05, 3.63) is 22.2 Å². The maximum absolute atomic E-state index is 12.3. The molecule has 0 saturated carbocycles. The van der Waals surface area contributed by atoms with E-state index in [2.05, 4.69) is 20.9 Å². The molecule has 0 aliphatic heterocycles. The van der Waals surface area contributed by atoms with Crippen molar-refractivity contribution in [2.24, 2.45) is 0 Å². The topological polar surface area (TPSA) is 84.7 Å². The van der Waals surface area contributed by atoms with Gasteiger partial charge in [-0.2, -0.15) is 0 Å². The van der Waals surface area contributed by atoms with Crippen LogP contribution in [0.5, 0.6) is 0 Å². The Labute approximate surface area is 165 Å². The minimum absolute atomic E-state index is 0.104. The molecule has 1 aliphatic carbocycles. The lowest BCUT2D eigenvalue weighted by Crippen LogP contribution is -2.28. The Morgan fingerprint density at radius 1 is 0.963 bits per heavy atom. The number of thiazole rings is 1. The van der Waals surface area contributed by atoms with Crippen molar-refractivity contribution in [3.8, 4) is 0 Å². The number of aromatic nitrogens is 4. The normalized spacial score (nSPS) is 16.1. The fourth-order valence-electron chi connectivity index (χ4n) is 3.48. The summed E-state index contributed by atoms with van der Waals surface area (Å²) in [6.45, 7) is 3.85. The Balaban J connectivity index is 1.58.